The summed E-state index contributed by atoms with van der Waals surface area (Å²) >= 11 is 0. The van der Waals surface area contributed by atoms with Crippen molar-refractivity contribution >= 4 is 32.7 Å². The highest BCUT2D eigenvalue weighted by atomic mass is 32.2. The van der Waals surface area contributed by atoms with Gasteiger partial charge in [0.2, 0.25) is 10.0 Å². The predicted octanol–water partition coefficient (Wildman–Crippen LogP) is 2.57. The molecule has 3 rings (SSSR count). The Balaban J connectivity index is 1.80. The Kier molecular flexibility index (Phi) is 4.71. The summed E-state index contributed by atoms with van der Waals surface area (Å²) in [4.78, 5) is 16.7. The number of hydrogen-bond acceptors (Lipinski definition) is 4. The highest BCUT2D eigenvalue weighted by Gasteiger charge is 2.12. The van der Waals surface area contributed by atoms with Crippen LogP contribution in [0.2, 0.25) is 0 Å². The summed E-state index contributed by atoms with van der Waals surface area (Å²) in [6, 6.07) is 13.8. The lowest BCUT2D eigenvalue weighted by Gasteiger charge is -2.10. The van der Waals surface area contributed by atoms with Gasteiger partial charge in [-0.2, -0.15) is 0 Å². The van der Waals surface area contributed by atoms with E-state index >= 15 is 0 Å². The van der Waals surface area contributed by atoms with Gasteiger partial charge in [0.15, 0.2) is 0 Å². The monoisotopic (exact) mass is 358 g/mol. The summed E-state index contributed by atoms with van der Waals surface area (Å²) in [5.74, 6) is -0.329. The van der Waals surface area contributed by atoms with Crippen molar-refractivity contribution in [2.75, 3.05) is 15.9 Å². The number of carbonyl (C=O) groups excluding carboxylic acids is 1. The summed E-state index contributed by atoms with van der Waals surface area (Å²) in [6.45, 7) is 1.79. The molecule has 3 aromatic rings. The van der Waals surface area contributed by atoms with Gasteiger partial charge in [-0.1, -0.05) is 25.1 Å². The SMILES string of the molecule is CCCS(=O)(=O)Nc1cccc(C(=O)Nn2cnc3ccccc32)c1. The Morgan fingerprint density at radius 1 is 1.16 bits per heavy atom. The van der Waals surface area contributed by atoms with Gasteiger partial charge < -0.3 is 0 Å². The van der Waals surface area contributed by atoms with Crippen molar-refractivity contribution in [3.63, 3.8) is 0 Å². The van der Waals surface area contributed by atoms with Gasteiger partial charge in [-0.05, 0) is 36.8 Å². The molecule has 1 amide bonds. The van der Waals surface area contributed by atoms with Crippen LogP contribution < -0.4 is 10.1 Å². The van der Waals surface area contributed by atoms with Crippen LogP contribution in [-0.4, -0.2) is 29.7 Å². The highest BCUT2D eigenvalue weighted by Crippen LogP contribution is 2.14. The first-order valence-electron chi connectivity index (χ1n) is 7.82. The molecule has 0 aliphatic rings. The molecule has 0 radical (unpaired) electrons. The molecular weight excluding hydrogens is 340 g/mol. The number of amides is 1. The van der Waals surface area contributed by atoms with Crippen LogP contribution in [-0.2, 0) is 10.0 Å². The third-order valence-electron chi connectivity index (χ3n) is 3.55. The Morgan fingerprint density at radius 3 is 2.76 bits per heavy atom. The molecule has 0 aliphatic heterocycles. The number of benzene rings is 2. The van der Waals surface area contributed by atoms with Crippen molar-refractivity contribution in [1.82, 2.24) is 9.66 Å². The molecule has 0 bridgehead atoms. The molecule has 2 aromatic carbocycles. The van der Waals surface area contributed by atoms with Gasteiger partial charge in [0, 0.05) is 11.3 Å². The average molecular weight is 358 g/mol. The van der Waals surface area contributed by atoms with Gasteiger partial charge in [0.1, 0.15) is 6.33 Å². The number of anilines is 1. The van der Waals surface area contributed by atoms with E-state index in [0.717, 1.165) is 11.0 Å². The lowest BCUT2D eigenvalue weighted by molar-refractivity contribution is 0.101. The molecule has 7 nitrogen and oxygen atoms in total. The number of sulfonamides is 1. The van der Waals surface area contributed by atoms with Crippen LogP contribution in [0, 0.1) is 0 Å². The molecule has 0 spiro atoms. The Bertz CT molecular complexity index is 1010. The third kappa shape index (κ3) is 3.97. The van der Waals surface area contributed by atoms with E-state index in [2.05, 4.69) is 15.1 Å². The van der Waals surface area contributed by atoms with Gasteiger partial charge in [-0.15, -0.1) is 0 Å². The van der Waals surface area contributed by atoms with Crippen molar-refractivity contribution in [1.29, 1.82) is 0 Å². The Hall–Kier alpha value is -2.87. The van der Waals surface area contributed by atoms with Gasteiger partial charge >= 0.3 is 0 Å². The average Bonchev–Trinajstić information content (AvgIpc) is 2.98. The maximum atomic E-state index is 12.5. The molecule has 0 saturated carbocycles. The van der Waals surface area contributed by atoms with Crippen LogP contribution in [0.1, 0.15) is 23.7 Å². The van der Waals surface area contributed by atoms with Crippen molar-refractivity contribution in [3.05, 3.63) is 60.4 Å². The first-order valence-corrected chi connectivity index (χ1v) is 9.48. The fraction of sp³-hybridized carbons (Fsp3) is 0.176. The maximum absolute atomic E-state index is 12.5. The number of hydrogen-bond donors (Lipinski definition) is 2. The molecule has 0 saturated heterocycles. The van der Waals surface area contributed by atoms with E-state index in [-0.39, 0.29) is 11.7 Å². The van der Waals surface area contributed by atoms with Gasteiger partial charge in [-0.25, -0.2) is 18.1 Å². The standard InChI is InChI=1S/C17H18N4O3S/c1-2-10-25(23,24)20-14-7-5-6-13(11-14)17(22)19-21-12-18-15-8-3-4-9-16(15)21/h3-9,11-12,20H,2,10H2,1H3,(H,19,22). The van der Waals surface area contributed by atoms with Crippen molar-refractivity contribution in [2.45, 2.75) is 13.3 Å². The van der Waals surface area contributed by atoms with Crippen LogP contribution >= 0.6 is 0 Å². The molecule has 0 fully saturated rings. The quantitative estimate of drug-likeness (QED) is 0.708. The number of aromatic nitrogens is 2. The zero-order valence-electron chi connectivity index (χ0n) is 13.6. The van der Waals surface area contributed by atoms with E-state index in [9.17, 15) is 13.2 Å². The second-order valence-electron chi connectivity index (χ2n) is 5.55. The summed E-state index contributed by atoms with van der Waals surface area (Å²) < 4.78 is 27.7. The zero-order valence-corrected chi connectivity index (χ0v) is 14.5. The third-order valence-corrected chi connectivity index (χ3v) is 5.04. The van der Waals surface area contributed by atoms with E-state index in [0.29, 0.717) is 17.7 Å². The van der Waals surface area contributed by atoms with Crippen LogP contribution in [0.4, 0.5) is 5.69 Å². The van der Waals surface area contributed by atoms with E-state index in [1.54, 1.807) is 25.1 Å². The number of rotatable bonds is 6. The van der Waals surface area contributed by atoms with Crippen LogP contribution in [0.25, 0.3) is 11.0 Å². The number of imidazole rings is 1. The van der Waals surface area contributed by atoms with Crippen LogP contribution in [0.15, 0.2) is 54.9 Å². The number of nitrogens with zero attached hydrogens (tertiary/aromatic N) is 2. The van der Waals surface area contributed by atoms with Crippen molar-refractivity contribution in [2.24, 2.45) is 0 Å². The van der Waals surface area contributed by atoms with Crippen molar-refractivity contribution in [3.8, 4) is 0 Å². The highest BCUT2D eigenvalue weighted by molar-refractivity contribution is 7.92. The zero-order chi connectivity index (χ0) is 17.9. The minimum absolute atomic E-state index is 0.0322. The van der Waals surface area contributed by atoms with E-state index in [1.807, 2.05) is 24.3 Å². The normalized spacial score (nSPS) is 11.4. The van der Waals surface area contributed by atoms with Crippen LogP contribution in [0.3, 0.4) is 0 Å². The second kappa shape index (κ2) is 6.94. The second-order valence-corrected chi connectivity index (χ2v) is 7.39. The topological polar surface area (TPSA) is 93.1 Å². The Morgan fingerprint density at radius 2 is 1.96 bits per heavy atom. The van der Waals surface area contributed by atoms with Gasteiger partial charge in [-0.3, -0.25) is 14.9 Å². The molecule has 1 aromatic heterocycles. The van der Waals surface area contributed by atoms with Gasteiger partial charge in [0.05, 0.1) is 16.8 Å². The number of para-hydroxylation sites is 2. The molecule has 0 unspecified atom stereocenters. The minimum atomic E-state index is -3.40. The predicted molar refractivity (Wildman–Crippen MR) is 97.6 cm³/mol. The smallest absolute Gasteiger partial charge is 0.270 e. The van der Waals surface area contributed by atoms with E-state index in [4.69, 9.17) is 0 Å². The van der Waals surface area contributed by atoms with Crippen molar-refractivity contribution < 1.29 is 13.2 Å². The number of fused-ring (bicyclic) bond motifs is 1. The fourth-order valence-corrected chi connectivity index (χ4v) is 3.57. The van der Waals surface area contributed by atoms with E-state index in [1.165, 1.54) is 17.1 Å². The summed E-state index contributed by atoms with van der Waals surface area (Å²) in [5.41, 5.74) is 4.98. The number of carbonyl (C=O) groups is 1. The summed E-state index contributed by atoms with van der Waals surface area (Å²) in [6.07, 6.45) is 2.04. The molecule has 0 aliphatic carbocycles. The largest absolute Gasteiger partial charge is 0.284 e. The molecule has 1 heterocycles. The van der Waals surface area contributed by atoms with Crippen LogP contribution in [0.5, 0.6) is 0 Å². The molecule has 0 atom stereocenters. The fourth-order valence-electron chi connectivity index (χ4n) is 2.45. The summed E-state index contributed by atoms with van der Waals surface area (Å²) in [7, 11) is -3.40. The summed E-state index contributed by atoms with van der Waals surface area (Å²) in [5, 5.41) is 0. The molecule has 2 N–H and O–H groups in total. The van der Waals surface area contributed by atoms with E-state index < -0.39 is 10.0 Å². The first kappa shape index (κ1) is 17.0. The minimum Gasteiger partial charge on any atom is -0.284 e. The molecular formula is C17H18N4O3S. The van der Waals surface area contributed by atoms with Gasteiger partial charge in [0.25, 0.3) is 5.91 Å². The molecule has 130 valence electrons. The molecule has 25 heavy (non-hydrogen) atoms. The molecule has 8 heteroatoms. The lowest BCUT2D eigenvalue weighted by atomic mass is 10.2. The maximum Gasteiger partial charge on any atom is 0.270 e. The lowest BCUT2D eigenvalue weighted by Crippen LogP contribution is -2.22. The Labute approximate surface area is 145 Å². The first-order chi connectivity index (χ1) is 12.0. The number of nitrogens with one attached hydrogen (secondary N) is 2.